The molecule has 4 heteroatoms. The maximum atomic E-state index is 11.9. The lowest BCUT2D eigenvalue weighted by atomic mass is 10.0. The van der Waals surface area contributed by atoms with Crippen LogP contribution in [-0.2, 0) is 0 Å². The van der Waals surface area contributed by atoms with Gasteiger partial charge < -0.3 is 15.8 Å². The number of ketones is 1. The third-order valence-corrected chi connectivity index (χ3v) is 3.60. The first-order valence-electron chi connectivity index (χ1n) is 7.04. The quantitative estimate of drug-likeness (QED) is 0.850. The highest BCUT2D eigenvalue weighted by Crippen LogP contribution is 2.34. The molecule has 0 radical (unpaired) electrons. The predicted octanol–water partition coefficient (Wildman–Crippen LogP) is 2.76. The fraction of sp³-hybridized carbons (Fsp3) is 0.235. The maximum absolute atomic E-state index is 11.9. The third-order valence-electron chi connectivity index (χ3n) is 3.60. The lowest BCUT2D eigenvalue weighted by Crippen LogP contribution is -2.27. The van der Waals surface area contributed by atoms with Crippen LogP contribution in [0.1, 0.15) is 28.9 Å². The smallest absolute Gasteiger partial charge is 0.179 e. The minimum Gasteiger partial charge on any atom is -0.482 e. The van der Waals surface area contributed by atoms with Crippen LogP contribution >= 0.6 is 0 Å². The van der Waals surface area contributed by atoms with Crippen molar-refractivity contribution in [2.45, 2.75) is 19.1 Å². The van der Waals surface area contributed by atoms with E-state index >= 15 is 0 Å². The van der Waals surface area contributed by atoms with E-state index in [1.165, 1.54) is 0 Å². The SMILES string of the molecule is CC(N)C(=O)c1ccc2c(c1)NCC(c1ccccc1)O2. The van der Waals surface area contributed by atoms with Gasteiger partial charge in [0.15, 0.2) is 5.78 Å². The molecule has 0 fully saturated rings. The van der Waals surface area contributed by atoms with Crippen molar-refractivity contribution in [1.82, 2.24) is 0 Å². The third kappa shape index (κ3) is 2.76. The fourth-order valence-corrected chi connectivity index (χ4v) is 2.44. The molecule has 0 spiro atoms. The van der Waals surface area contributed by atoms with E-state index in [0.29, 0.717) is 12.1 Å². The molecule has 0 saturated carbocycles. The topological polar surface area (TPSA) is 64.4 Å². The molecule has 21 heavy (non-hydrogen) atoms. The first-order chi connectivity index (χ1) is 10.1. The molecule has 1 heterocycles. The van der Waals surface area contributed by atoms with E-state index in [4.69, 9.17) is 10.5 Å². The van der Waals surface area contributed by atoms with Crippen molar-refractivity contribution in [3.63, 3.8) is 0 Å². The van der Waals surface area contributed by atoms with Crippen molar-refractivity contribution in [3.05, 3.63) is 59.7 Å². The molecular formula is C17H18N2O2. The number of Topliss-reactive ketones (excluding diaryl/α,β-unsaturated/α-hetero) is 1. The Labute approximate surface area is 123 Å². The molecule has 108 valence electrons. The van der Waals surface area contributed by atoms with Crippen LogP contribution in [0.5, 0.6) is 5.75 Å². The van der Waals surface area contributed by atoms with E-state index in [0.717, 1.165) is 17.0 Å². The van der Waals surface area contributed by atoms with Gasteiger partial charge in [-0.1, -0.05) is 30.3 Å². The second kappa shape index (κ2) is 5.58. The van der Waals surface area contributed by atoms with Crippen molar-refractivity contribution in [3.8, 4) is 5.75 Å². The van der Waals surface area contributed by atoms with Crippen molar-refractivity contribution in [2.75, 3.05) is 11.9 Å². The number of nitrogens with two attached hydrogens (primary N) is 1. The Bertz CT molecular complexity index is 653. The summed E-state index contributed by atoms with van der Waals surface area (Å²) in [7, 11) is 0. The fourth-order valence-electron chi connectivity index (χ4n) is 2.44. The number of carbonyl (C=O) groups excluding carboxylic acids is 1. The molecule has 0 bridgehead atoms. The second-order valence-corrected chi connectivity index (χ2v) is 5.26. The molecule has 1 aliphatic rings. The molecule has 3 N–H and O–H groups in total. The molecule has 0 amide bonds. The highest BCUT2D eigenvalue weighted by atomic mass is 16.5. The molecule has 2 aromatic carbocycles. The Hall–Kier alpha value is -2.33. The summed E-state index contributed by atoms with van der Waals surface area (Å²) in [5.41, 5.74) is 8.22. The van der Waals surface area contributed by atoms with Gasteiger partial charge in [-0.25, -0.2) is 0 Å². The standard InChI is InChI=1S/C17H18N2O2/c1-11(18)17(20)13-7-8-15-14(9-13)19-10-16(21-15)12-5-3-2-4-6-12/h2-9,11,16,19H,10,18H2,1H3. The molecule has 0 saturated heterocycles. The van der Waals surface area contributed by atoms with Crippen LogP contribution < -0.4 is 15.8 Å². The average molecular weight is 282 g/mol. The Morgan fingerprint density at radius 3 is 2.76 bits per heavy atom. The zero-order chi connectivity index (χ0) is 14.8. The van der Waals surface area contributed by atoms with Crippen molar-refractivity contribution < 1.29 is 9.53 Å². The lowest BCUT2D eigenvalue weighted by Gasteiger charge is -2.28. The number of fused-ring (bicyclic) bond motifs is 1. The average Bonchev–Trinajstić information content (AvgIpc) is 2.54. The molecule has 4 nitrogen and oxygen atoms in total. The number of nitrogens with one attached hydrogen (secondary N) is 1. The summed E-state index contributed by atoms with van der Waals surface area (Å²) in [4.78, 5) is 11.9. The predicted molar refractivity (Wildman–Crippen MR) is 82.7 cm³/mol. The normalized spacial score (nSPS) is 18.1. The highest BCUT2D eigenvalue weighted by molar-refractivity contribution is 6.00. The van der Waals surface area contributed by atoms with Gasteiger partial charge in [0.05, 0.1) is 18.3 Å². The highest BCUT2D eigenvalue weighted by Gasteiger charge is 2.22. The minimum atomic E-state index is -0.496. The summed E-state index contributed by atoms with van der Waals surface area (Å²) in [5, 5.41) is 3.33. The summed E-state index contributed by atoms with van der Waals surface area (Å²) in [5.74, 6) is 0.695. The summed E-state index contributed by atoms with van der Waals surface area (Å²) in [6.45, 7) is 2.37. The van der Waals surface area contributed by atoms with E-state index < -0.39 is 6.04 Å². The van der Waals surface area contributed by atoms with E-state index in [9.17, 15) is 4.79 Å². The van der Waals surface area contributed by atoms with Gasteiger partial charge in [-0.2, -0.15) is 0 Å². The lowest BCUT2D eigenvalue weighted by molar-refractivity contribution is 0.0968. The molecule has 2 aromatic rings. The van der Waals surface area contributed by atoms with Gasteiger partial charge in [-0.05, 0) is 30.7 Å². The number of hydrogen-bond donors (Lipinski definition) is 2. The number of ether oxygens (including phenoxy) is 1. The molecular weight excluding hydrogens is 264 g/mol. The molecule has 1 aliphatic heterocycles. The van der Waals surface area contributed by atoms with Crippen molar-refractivity contribution >= 4 is 11.5 Å². The van der Waals surface area contributed by atoms with Gasteiger partial charge in [0, 0.05) is 5.56 Å². The van der Waals surface area contributed by atoms with E-state index in [2.05, 4.69) is 5.32 Å². The second-order valence-electron chi connectivity index (χ2n) is 5.26. The van der Waals surface area contributed by atoms with E-state index in [1.54, 1.807) is 13.0 Å². The van der Waals surface area contributed by atoms with E-state index in [-0.39, 0.29) is 11.9 Å². The zero-order valence-corrected chi connectivity index (χ0v) is 11.9. The van der Waals surface area contributed by atoms with Gasteiger partial charge in [0.25, 0.3) is 0 Å². The van der Waals surface area contributed by atoms with Crippen LogP contribution in [0.25, 0.3) is 0 Å². The number of rotatable bonds is 3. The molecule has 3 rings (SSSR count). The summed E-state index contributed by atoms with van der Waals surface area (Å²) >= 11 is 0. The van der Waals surface area contributed by atoms with Crippen LogP contribution in [0.3, 0.4) is 0 Å². The first kappa shape index (κ1) is 13.6. The van der Waals surface area contributed by atoms with Gasteiger partial charge in [0.1, 0.15) is 11.9 Å². The molecule has 0 aromatic heterocycles. The Morgan fingerprint density at radius 1 is 1.29 bits per heavy atom. The Balaban J connectivity index is 1.83. The van der Waals surface area contributed by atoms with Crippen LogP contribution in [0.4, 0.5) is 5.69 Å². The monoisotopic (exact) mass is 282 g/mol. The largest absolute Gasteiger partial charge is 0.482 e. The summed E-state index contributed by atoms with van der Waals surface area (Å²) in [6, 6.07) is 15.0. The summed E-state index contributed by atoms with van der Waals surface area (Å²) in [6.07, 6.45) is -0.0197. The Morgan fingerprint density at radius 2 is 2.05 bits per heavy atom. The van der Waals surface area contributed by atoms with Crippen LogP contribution in [0.2, 0.25) is 0 Å². The van der Waals surface area contributed by atoms with Crippen LogP contribution in [-0.4, -0.2) is 18.4 Å². The van der Waals surface area contributed by atoms with Crippen LogP contribution in [0.15, 0.2) is 48.5 Å². The van der Waals surface area contributed by atoms with Crippen LogP contribution in [0, 0.1) is 0 Å². The van der Waals surface area contributed by atoms with E-state index in [1.807, 2.05) is 42.5 Å². The molecule has 2 unspecified atom stereocenters. The minimum absolute atomic E-state index is 0.0197. The first-order valence-corrected chi connectivity index (χ1v) is 7.04. The Kier molecular flexibility index (Phi) is 3.62. The van der Waals surface area contributed by atoms with Gasteiger partial charge >= 0.3 is 0 Å². The number of hydrogen-bond acceptors (Lipinski definition) is 4. The zero-order valence-electron chi connectivity index (χ0n) is 11.9. The van der Waals surface area contributed by atoms with Crippen molar-refractivity contribution in [1.29, 1.82) is 0 Å². The summed E-state index contributed by atoms with van der Waals surface area (Å²) < 4.78 is 6.01. The maximum Gasteiger partial charge on any atom is 0.179 e. The molecule has 0 aliphatic carbocycles. The van der Waals surface area contributed by atoms with Crippen molar-refractivity contribution in [2.24, 2.45) is 5.73 Å². The van der Waals surface area contributed by atoms with Gasteiger partial charge in [0.2, 0.25) is 0 Å². The number of anilines is 1. The number of benzene rings is 2. The van der Waals surface area contributed by atoms with Gasteiger partial charge in [-0.3, -0.25) is 4.79 Å². The number of carbonyl (C=O) groups is 1. The molecule has 2 atom stereocenters. The van der Waals surface area contributed by atoms with Gasteiger partial charge in [-0.15, -0.1) is 0 Å².